The van der Waals surface area contributed by atoms with Gasteiger partial charge in [-0.25, -0.2) is 4.79 Å². The lowest BCUT2D eigenvalue weighted by Gasteiger charge is -2.32. The summed E-state index contributed by atoms with van der Waals surface area (Å²) in [6.45, 7) is 6.50. The Morgan fingerprint density at radius 3 is 2.52 bits per heavy atom. The minimum Gasteiger partial charge on any atom is -0.477 e. The highest BCUT2D eigenvalue weighted by molar-refractivity contribution is 6.06. The maximum Gasteiger partial charge on any atom is 0.344 e. The summed E-state index contributed by atoms with van der Waals surface area (Å²) in [5, 5.41) is 2.52. The molecule has 4 aromatic rings. The van der Waals surface area contributed by atoms with Crippen LogP contribution in [0, 0.1) is 6.92 Å². The molecule has 4 heteroatoms. The van der Waals surface area contributed by atoms with Gasteiger partial charge in [-0.3, -0.25) is 4.90 Å². The normalized spacial score (nSPS) is 15.2. The van der Waals surface area contributed by atoms with E-state index < -0.39 is 0 Å². The molecule has 1 unspecified atom stereocenters. The molecule has 0 N–H and O–H groups in total. The van der Waals surface area contributed by atoms with Gasteiger partial charge < -0.3 is 9.15 Å². The molecule has 0 fully saturated rings. The van der Waals surface area contributed by atoms with Gasteiger partial charge in [0.05, 0.1) is 5.39 Å². The molecular formula is C25H23NO3. The van der Waals surface area contributed by atoms with Crippen molar-refractivity contribution in [3.05, 3.63) is 87.8 Å². The number of nitrogens with zero attached hydrogens (tertiary/aromatic N) is 1. The standard InChI is InChI=1S/C25H23NO3/c1-16(18-8-4-3-5-9-18)13-26-14-19-12-22-20-10-6-7-11-21(20)25(27)29-24(22)17(2)23(19)28-15-26/h3-12,16H,13-15H2,1-2H3. The van der Waals surface area contributed by atoms with Gasteiger partial charge in [-0.1, -0.05) is 55.5 Å². The number of aryl methyl sites for hydroxylation is 1. The van der Waals surface area contributed by atoms with E-state index in [-0.39, 0.29) is 5.63 Å². The first-order chi connectivity index (χ1) is 14.1. The van der Waals surface area contributed by atoms with Gasteiger partial charge in [-0.2, -0.15) is 0 Å². The van der Waals surface area contributed by atoms with Crippen LogP contribution in [0.2, 0.25) is 0 Å². The molecular weight excluding hydrogens is 362 g/mol. The van der Waals surface area contributed by atoms with Crippen molar-refractivity contribution in [2.45, 2.75) is 26.3 Å². The van der Waals surface area contributed by atoms with Gasteiger partial charge in [0.1, 0.15) is 18.1 Å². The summed E-state index contributed by atoms with van der Waals surface area (Å²) in [4.78, 5) is 14.7. The predicted octanol–water partition coefficient (Wildman–Crippen LogP) is 5.21. The molecule has 0 bridgehead atoms. The summed E-state index contributed by atoms with van der Waals surface area (Å²) in [5.41, 5.74) is 3.70. The van der Waals surface area contributed by atoms with Crippen molar-refractivity contribution < 1.29 is 9.15 Å². The van der Waals surface area contributed by atoms with Crippen LogP contribution in [-0.4, -0.2) is 18.2 Å². The van der Waals surface area contributed by atoms with Crippen LogP contribution >= 0.6 is 0 Å². The summed E-state index contributed by atoms with van der Waals surface area (Å²) < 4.78 is 11.8. The van der Waals surface area contributed by atoms with E-state index in [0.717, 1.165) is 40.7 Å². The minimum absolute atomic E-state index is 0.301. The Hall–Kier alpha value is -3.11. The second-order valence-corrected chi connectivity index (χ2v) is 7.90. The van der Waals surface area contributed by atoms with E-state index in [1.165, 1.54) is 5.56 Å². The molecule has 0 radical (unpaired) electrons. The summed E-state index contributed by atoms with van der Waals surface area (Å²) >= 11 is 0. The lowest BCUT2D eigenvalue weighted by molar-refractivity contribution is 0.0900. The first-order valence-electron chi connectivity index (χ1n) is 10.00. The fourth-order valence-electron chi connectivity index (χ4n) is 4.38. The zero-order valence-corrected chi connectivity index (χ0v) is 16.6. The van der Waals surface area contributed by atoms with Crippen LogP contribution in [0.3, 0.4) is 0 Å². The topological polar surface area (TPSA) is 42.7 Å². The highest BCUT2D eigenvalue weighted by Gasteiger charge is 2.24. The Morgan fingerprint density at radius 2 is 1.72 bits per heavy atom. The number of ether oxygens (including phenoxy) is 1. The molecule has 29 heavy (non-hydrogen) atoms. The van der Waals surface area contributed by atoms with E-state index in [9.17, 15) is 4.79 Å². The molecule has 1 aromatic heterocycles. The smallest absolute Gasteiger partial charge is 0.344 e. The van der Waals surface area contributed by atoms with Gasteiger partial charge in [-0.05, 0) is 35.9 Å². The van der Waals surface area contributed by atoms with E-state index in [1.54, 1.807) is 0 Å². The third-order valence-corrected chi connectivity index (χ3v) is 5.85. The monoisotopic (exact) mass is 385 g/mol. The van der Waals surface area contributed by atoms with E-state index in [2.05, 4.69) is 42.2 Å². The first-order valence-corrected chi connectivity index (χ1v) is 10.00. The Balaban J connectivity index is 1.53. The number of benzene rings is 3. The highest BCUT2D eigenvalue weighted by Crippen LogP contribution is 2.37. The molecule has 146 valence electrons. The molecule has 1 aliphatic heterocycles. The van der Waals surface area contributed by atoms with Gasteiger partial charge in [-0.15, -0.1) is 0 Å². The van der Waals surface area contributed by atoms with Crippen molar-refractivity contribution in [3.8, 4) is 5.75 Å². The maximum absolute atomic E-state index is 12.4. The Bertz CT molecular complexity index is 1260. The second-order valence-electron chi connectivity index (χ2n) is 7.90. The third-order valence-electron chi connectivity index (χ3n) is 5.85. The van der Waals surface area contributed by atoms with Crippen molar-refractivity contribution in [1.29, 1.82) is 0 Å². The van der Waals surface area contributed by atoms with Crippen LogP contribution in [0.25, 0.3) is 21.7 Å². The molecule has 0 saturated heterocycles. The van der Waals surface area contributed by atoms with Crippen molar-refractivity contribution >= 4 is 21.7 Å². The zero-order valence-electron chi connectivity index (χ0n) is 16.6. The van der Waals surface area contributed by atoms with Gasteiger partial charge in [0.15, 0.2) is 0 Å². The number of fused-ring (bicyclic) bond motifs is 4. The minimum atomic E-state index is -0.301. The predicted molar refractivity (Wildman–Crippen MR) is 115 cm³/mol. The molecule has 5 rings (SSSR count). The van der Waals surface area contributed by atoms with E-state index >= 15 is 0 Å². The van der Waals surface area contributed by atoms with Crippen molar-refractivity contribution in [3.63, 3.8) is 0 Å². The molecule has 1 atom stereocenters. The van der Waals surface area contributed by atoms with Gasteiger partial charge in [0.25, 0.3) is 0 Å². The summed E-state index contributed by atoms with van der Waals surface area (Å²) in [6, 6.07) is 20.3. The number of hydrogen-bond acceptors (Lipinski definition) is 4. The Kier molecular flexibility index (Phi) is 4.36. The molecule has 0 aliphatic carbocycles. The van der Waals surface area contributed by atoms with E-state index in [0.29, 0.717) is 23.6 Å². The number of rotatable bonds is 3. The fraction of sp³-hybridized carbons (Fsp3) is 0.240. The summed E-state index contributed by atoms with van der Waals surface area (Å²) in [6.07, 6.45) is 0. The van der Waals surface area contributed by atoms with E-state index in [4.69, 9.17) is 9.15 Å². The SMILES string of the molecule is Cc1c2c(cc3c1oc(=O)c1ccccc13)CN(CC(C)c1ccccc1)CO2. The maximum atomic E-state index is 12.4. The first kappa shape index (κ1) is 18.0. The van der Waals surface area contributed by atoms with Gasteiger partial charge in [0.2, 0.25) is 0 Å². The Morgan fingerprint density at radius 1 is 1.00 bits per heavy atom. The molecule has 1 aliphatic rings. The van der Waals surface area contributed by atoms with Crippen LogP contribution in [0.5, 0.6) is 5.75 Å². The third kappa shape index (κ3) is 3.10. The molecule has 2 heterocycles. The zero-order chi connectivity index (χ0) is 20.0. The average molecular weight is 385 g/mol. The lowest BCUT2D eigenvalue weighted by Crippen LogP contribution is -2.35. The number of hydrogen-bond donors (Lipinski definition) is 0. The van der Waals surface area contributed by atoms with Gasteiger partial charge in [0, 0.05) is 29.6 Å². The van der Waals surface area contributed by atoms with Crippen molar-refractivity contribution in [1.82, 2.24) is 4.90 Å². The lowest BCUT2D eigenvalue weighted by atomic mass is 9.98. The van der Waals surface area contributed by atoms with Crippen LogP contribution < -0.4 is 10.4 Å². The van der Waals surface area contributed by atoms with Crippen LogP contribution in [0.15, 0.2) is 69.9 Å². The summed E-state index contributed by atoms with van der Waals surface area (Å²) in [7, 11) is 0. The van der Waals surface area contributed by atoms with Gasteiger partial charge >= 0.3 is 5.63 Å². The highest BCUT2D eigenvalue weighted by atomic mass is 16.5. The summed E-state index contributed by atoms with van der Waals surface area (Å²) in [5.74, 6) is 1.27. The quantitative estimate of drug-likeness (QED) is 0.359. The van der Waals surface area contributed by atoms with E-state index in [1.807, 2.05) is 37.3 Å². The fourth-order valence-corrected chi connectivity index (χ4v) is 4.38. The largest absolute Gasteiger partial charge is 0.477 e. The second kappa shape index (κ2) is 7.05. The van der Waals surface area contributed by atoms with Crippen LogP contribution in [0.1, 0.15) is 29.5 Å². The molecule has 3 aromatic carbocycles. The molecule has 4 nitrogen and oxygen atoms in total. The van der Waals surface area contributed by atoms with Crippen LogP contribution in [-0.2, 0) is 6.54 Å². The average Bonchev–Trinajstić information content (AvgIpc) is 2.75. The van der Waals surface area contributed by atoms with Crippen molar-refractivity contribution in [2.24, 2.45) is 0 Å². The van der Waals surface area contributed by atoms with Crippen LogP contribution in [0.4, 0.5) is 0 Å². The molecule has 0 spiro atoms. The molecule has 0 saturated carbocycles. The van der Waals surface area contributed by atoms with Crippen molar-refractivity contribution in [2.75, 3.05) is 13.3 Å². The molecule has 0 amide bonds. The Labute approximate surface area is 169 Å².